The molecule has 0 amide bonds. The third kappa shape index (κ3) is 3.24. The van der Waals surface area contributed by atoms with Crippen LogP contribution in [0.25, 0.3) is 22.0 Å². The van der Waals surface area contributed by atoms with Gasteiger partial charge in [0.25, 0.3) is 5.56 Å². The van der Waals surface area contributed by atoms with Gasteiger partial charge in [-0.15, -0.1) is 0 Å². The molecule has 2 aromatic carbocycles. The molecule has 1 aliphatic heterocycles. The van der Waals surface area contributed by atoms with Crippen LogP contribution < -0.4 is 10.5 Å². The van der Waals surface area contributed by atoms with Crippen molar-refractivity contribution in [1.29, 1.82) is 0 Å². The Balaban J connectivity index is 1.65. The minimum Gasteiger partial charge on any atom is -0.356 e. The molecule has 2 aromatic heterocycles. The lowest BCUT2D eigenvalue weighted by Gasteiger charge is -2.32. The molecule has 1 aliphatic rings. The SMILES string of the molecule is Cc1ccc(Cn2nc(-c3ccc(N4CCC4)nc3F)c3ccccc3c2=O)cc1. The van der Waals surface area contributed by atoms with E-state index in [1.165, 1.54) is 4.68 Å². The lowest BCUT2D eigenvalue weighted by atomic mass is 10.1. The average Bonchev–Trinajstić information content (AvgIpc) is 2.71. The molecule has 5 rings (SSSR count). The fourth-order valence-electron chi connectivity index (χ4n) is 3.73. The number of aryl methyl sites for hydroxylation is 1. The van der Waals surface area contributed by atoms with Crippen molar-refractivity contribution in [3.63, 3.8) is 0 Å². The number of pyridine rings is 1. The standard InChI is InChI=1S/C24H21FN4O/c1-16-7-9-17(10-8-16)15-29-24(30)19-6-3-2-5-18(19)22(27-29)20-11-12-21(26-23(20)25)28-13-4-14-28/h2-3,5-12H,4,13-15H2,1H3. The van der Waals surface area contributed by atoms with Crippen molar-refractivity contribution in [3.8, 4) is 11.3 Å². The summed E-state index contributed by atoms with van der Waals surface area (Å²) in [4.78, 5) is 19.2. The summed E-state index contributed by atoms with van der Waals surface area (Å²) in [5.74, 6) is 0.0670. The molecular formula is C24H21FN4O. The lowest BCUT2D eigenvalue weighted by molar-refractivity contribution is 0.564. The Labute approximate surface area is 173 Å². The molecule has 0 bridgehead atoms. The third-order valence-electron chi connectivity index (χ3n) is 5.59. The van der Waals surface area contributed by atoms with E-state index in [1.807, 2.05) is 54.3 Å². The number of aromatic nitrogens is 3. The molecule has 0 unspecified atom stereocenters. The maximum atomic E-state index is 15.0. The molecule has 0 radical (unpaired) electrons. The van der Waals surface area contributed by atoms with E-state index in [0.29, 0.717) is 34.4 Å². The lowest BCUT2D eigenvalue weighted by Crippen LogP contribution is -2.37. The summed E-state index contributed by atoms with van der Waals surface area (Å²) in [5.41, 5.74) is 2.64. The zero-order valence-electron chi connectivity index (χ0n) is 16.7. The first-order valence-corrected chi connectivity index (χ1v) is 10.1. The van der Waals surface area contributed by atoms with Crippen molar-refractivity contribution < 1.29 is 4.39 Å². The van der Waals surface area contributed by atoms with Crippen LogP contribution in [0.1, 0.15) is 17.5 Å². The van der Waals surface area contributed by atoms with Crippen LogP contribution in [0.4, 0.5) is 10.2 Å². The first-order valence-electron chi connectivity index (χ1n) is 10.1. The predicted molar refractivity (Wildman–Crippen MR) is 116 cm³/mol. The monoisotopic (exact) mass is 400 g/mol. The summed E-state index contributed by atoms with van der Waals surface area (Å²) in [6.45, 7) is 4.13. The molecule has 3 heterocycles. The summed E-state index contributed by atoms with van der Waals surface area (Å²) < 4.78 is 16.4. The van der Waals surface area contributed by atoms with Crippen molar-refractivity contribution >= 4 is 16.6 Å². The normalized spacial score (nSPS) is 13.5. The zero-order chi connectivity index (χ0) is 20.7. The second kappa shape index (κ2) is 7.37. The molecule has 150 valence electrons. The van der Waals surface area contributed by atoms with E-state index < -0.39 is 5.95 Å². The van der Waals surface area contributed by atoms with Gasteiger partial charge in [-0.1, -0.05) is 48.0 Å². The van der Waals surface area contributed by atoms with E-state index in [-0.39, 0.29) is 5.56 Å². The van der Waals surface area contributed by atoms with E-state index in [9.17, 15) is 4.79 Å². The molecular weight excluding hydrogens is 379 g/mol. The third-order valence-corrected chi connectivity index (χ3v) is 5.59. The summed E-state index contributed by atoms with van der Waals surface area (Å²) in [5, 5.41) is 5.71. The van der Waals surface area contributed by atoms with Gasteiger partial charge in [0.1, 0.15) is 11.5 Å². The van der Waals surface area contributed by atoms with E-state index in [4.69, 9.17) is 0 Å². The zero-order valence-corrected chi connectivity index (χ0v) is 16.7. The van der Waals surface area contributed by atoms with Gasteiger partial charge in [0.2, 0.25) is 5.95 Å². The molecule has 30 heavy (non-hydrogen) atoms. The van der Waals surface area contributed by atoms with E-state index in [1.54, 1.807) is 18.2 Å². The molecule has 0 N–H and O–H groups in total. The molecule has 0 saturated carbocycles. The Hall–Kier alpha value is -3.54. The van der Waals surface area contributed by atoms with Crippen molar-refractivity contribution in [1.82, 2.24) is 14.8 Å². The highest BCUT2D eigenvalue weighted by molar-refractivity contribution is 5.93. The van der Waals surface area contributed by atoms with Crippen LogP contribution in [0.15, 0.2) is 65.5 Å². The summed E-state index contributed by atoms with van der Waals surface area (Å²) >= 11 is 0. The second-order valence-electron chi connectivity index (χ2n) is 7.69. The van der Waals surface area contributed by atoms with Crippen LogP contribution in [0.3, 0.4) is 0 Å². The van der Waals surface area contributed by atoms with Gasteiger partial charge >= 0.3 is 0 Å². The van der Waals surface area contributed by atoms with Crippen molar-refractivity contribution in [2.24, 2.45) is 0 Å². The number of rotatable bonds is 4. The second-order valence-corrected chi connectivity index (χ2v) is 7.69. The van der Waals surface area contributed by atoms with Gasteiger partial charge in [0.15, 0.2) is 0 Å². The van der Waals surface area contributed by atoms with Crippen LogP contribution in [0, 0.1) is 12.9 Å². The Morgan fingerprint density at radius 3 is 2.37 bits per heavy atom. The quantitative estimate of drug-likeness (QED) is 0.483. The molecule has 1 saturated heterocycles. The van der Waals surface area contributed by atoms with Crippen LogP contribution >= 0.6 is 0 Å². The maximum absolute atomic E-state index is 15.0. The van der Waals surface area contributed by atoms with E-state index in [2.05, 4.69) is 10.1 Å². The molecule has 0 aliphatic carbocycles. The Morgan fingerprint density at radius 1 is 0.967 bits per heavy atom. The number of nitrogens with zero attached hydrogens (tertiary/aromatic N) is 4. The summed E-state index contributed by atoms with van der Waals surface area (Å²) in [6, 6.07) is 18.7. The Kier molecular flexibility index (Phi) is 4.54. The first-order chi connectivity index (χ1) is 14.6. The molecule has 5 nitrogen and oxygen atoms in total. The predicted octanol–water partition coefficient (Wildman–Crippen LogP) is 4.16. The van der Waals surface area contributed by atoms with Gasteiger partial charge in [-0.3, -0.25) is 4.79 Å². The van der Waals surface area contributed by atoms with Crippen LogP contribution in [0.2, 0.25) is 0 Å². The van der Waals surface area contributed by atoms with Crippen molar-refractivity contribution in [2.75, 3.05) is 18.0 Å². The fraction of sp³-hybridized carbons (Fsp3) is 0.208. The number of anilines is 1. The number of fused-ring (bicyclic) bond motifs is 1. The first kappa shape index (κ1) is 18.5. The molecule has 0 spiro atoms. The highest BCUT2D eigenvalue weighted by atomic mass is 19.1. The van der Waals surface area contributed by atoms with Gasteiger partial charge in [-0.05, 0) is 37.1 Å². The molecule has 6 heteroatoms. The van der Waals surface area contributed by atoms with Gasteiger partial charge in [0, 0.05) is 18.5 Å². The fourth-order valence-corrected chi connectivity index (χ4v) is 3.73. The largest absolute Gasteiger partial charge is 0.356 e. The van der Waals surface area contributed by atoms with Crippen LogP contribution in [0.5, 0.6) is 0 Å². The highest BCUT2D eigenvalue weighted by Crippen LogP contribution is 2.29. The smallest absolute Gasteiger partial charge is 0.274 e. The van der Waals surface area contributed by atoms with Crippen molar-refractivity contribution in [3.05, 3.63) is 88.1 Å². The minimum absolute atomic E-state index is 0.194. The molecule has 1 fully saturated rings. The van der Waals surface area contributed by atoms with Gasteiger partial charge in [-0.2, -0.15) is 9.49 Å². The van der Waals surface area contributed by atoms with Gasteiger partial charge in [-0.25, -0.2) is 9.67 Å². The van der Waals surface area contributed by atoms with E-state index >= 15 is 4.39 Å². The van der Waals surface area contributed by atoms with Gasteiger partial charge < -0.3 is 4.90 Å². The van der Waals surface area contributed by atoms with Gasteiger partial charge in [0.05, 0.1) is 17.5 Å². The molecule has 0 atom stereocenters. The summed E-state index contributed by atoms with van der Waals surface area (Å²) in [7, 11) is 0. The Bertz CT molecular complexity index is 1290. The van der Waals surface area contributed by atoms with Crippen LogP contribution in [-0.2, 0) is 6.54 Å². The average molecular weight is 400 g/mol. The maximum Gasteiger partial charge on any atom is 0.274 e. The highest BCUT2D eigenvalue weighted by Gasteiger charge is 2.20. The van der Waals surface area contributed by atoms with Crippen molar-refractivity contribution in [2.45, 2.75) is 19.9 Å². The molecule has 4 aromatic rings. The number of halogens is 1. The number of hydrogen-bond donors (Lipinski definition) is 0. The van der Waals surface area contributed by atoms with Crippen LogP contribution in [-0.4, -0.2) is 27.9 Å². The van der Waals surface area contributed by atoms with E-state index in [0.717, 1.165) is 30.6 Å². The Morgan fingerprint density at radius 2 is 1.70 bits per heavy atom. The summed E-state index contributed by atoms with van der Waals surface area (Å²) in [6.07, 6.45) is 1.10. The minimum atomic E-state index is -0.572. The topological polar surface area (TPSA) is 51.0 Å². The number of hydrogen-bond acceptors (Lipinski definition) is 4. The number of benzene rings is 2.